The molecular formula is C29H24BrN3O5. The molecular weight excluding hydrogens is 550 g/mol. The molecule has 1 N–H and O–H groups in total. The van der Waals surface area contributed by atoms with Crippen LogP contribution in [-0.4, -0.2) is 33.3 Å². The van der Waals surface area contributed by atoms with E-state index >= 15 is 0 Å². The van der Waals surface area contributed by atoms with Crippen LogP contribution in [0.1, 0.15) is 22.9 Å². The molecule has 0 bridgehead atoms. The standard InChI is InChI=1S/C29H24BrN3O5/c1-17-24(28(36)33(31(17)2)21-7-5-4-6-8-21)32-25(18-9-13-20(30)14-10-18)23(27(35)29(32)37)26(34)19-11-15-22(38-3)16-12-19/h4-16,25,34H,1-3H3/b26-23+. The minimum atomic E-state index is -1.02. The zero-order valence-corrected chi connectivity index (χ0v) is 22.5. The monoisotopic (exact) mass is 573 g/mol. The first kappa shape index (κ1) is 25.3. The smallest absolute Gasteiger partial charge is 0.300 e. The van der Waals surface area contributed by atoms with Gasteiger partial charge in [0.1, 0.15) is 17.2 Å². The lowest BCUT2D eigenvalue weighted by Crippen LogP contribution is -2.34. The number of amides is 1. The topological polar surface area (TPSA) is 93.8 Å². The molecule has 1 atom stereocenters. The number of methoxy groups -OCH3 is 1. The quantitative estimate of drug-likeness (QED) is 0.208. The molecule has 1 aromatic heterocycles. The van der Waals surface area contributed by atoms with Crippen LogP contribution in [0.15, 0.2) is 93.7 Å². The molecule has 4 aromatic rings. The Hall–Kier alpha value is -4.37. The van der Waals surface area contributed by atoms with Crippen LogP contribution >= 0.6 is 15.9 Å². The van der Waals surface area contributed by atoms with E-state index < -0.39 is 23.3 Å². The second-order valence-corrected chi connectivity index (χ2v) is 9.77. The Kier molecular flexibility index (Phi) is 6.54. The molecule has 2 heterocycles. The Bertz CT molecular complexity index is 1630. The largest absolute Gasteiger partial charge is 0.507 e. The molecule has 192 valence electrons. The van der Waals surface area contributed by atoms with Crippen molar-refractivity contribution in [3.8, 4) is 11.4 Å². The van der Waals surface area contributed by atoms with Crippen molar-refractivity contribution in [1.82, 2.24) is 9.36 Å². The molecule has 0 saturated carbocycles. The van der Waals surface area contributed by atoms with Crippen LogP contribution in [0.5, 0.6) is 5.75 Å². The third-order valence-electron chi connectivity index (χ3n) is 6.76. The van der Waals surface area contributed by atoms with E-state index in [-0.39, 0.29) is 17.0 Å². The highest BCUT2D eigenvalue weighted by atomic mass is 79.9. The maximum atomic E-state index is 13.8. The van der Waals surface area contributed by atoms with Gasteiger partial charge in [-0.15, -0.1) is 0 Å². The number of nitrogens with zero attached hydrogens (tertiary/aromatic N) is 3. The van der Waals surface area contributed by atoms with Crippen LogP contribution in [0, 0.1) is 6.92 Å². The van der Waals surface area contributed by atoms with E-state index in [1.165, 1.54) is 16.7 Å². The predicted molar refractivity (Wildman–Crippen MR) is 148 cm³/mol. The number of hydrogen-bond acceptors (Lipinski definition) is 5. The summed E-state index contributed by atoms with van der Waals surface area (Å²) in [5, 5.41) is 11.3. The lowest BCUT2D eigenvalue weighted by molar-refractivity contribution is -0.132. The van der Waals surface area contributed by atoms with Gasteiger partial charge in [-0.3, -0.25) is 24.0 Å². The fourth-order valence-electron chi connectivity index (χ4n) is 4.76. The number of ketones is 1. The Morgan fingerprint density at radius 3 is 2.16 bits per heavy atom. The van der Waals surface area contributed by atoms with E-state index in [1.807, 2.05) is 18.2 Å². The van der Waals surface area contributed by atoms with E-state index in [0.717, 1.165) is 4.47 Å². The molecule has 3 aromatic carbocycles. The SMILES string of the molecule is COc1ccc(/C(O)=C2\C(=O)C(=O)N(c3c(C)n(C)n(-c4ccccc4)c3=O)C2c2ccc(Br)cc2)cc1. The van der Waals surface area contributed by atoms with E-state index in [9.17, 15) is 19.5 Å². The summed E-state index contributed by atoms with van der Waals surface area (Å²) in [4.78, 5) is 42.2. The van der Waals surface area contributed by atoms with Gasteiger partial charge < -0.3 is 9.84 Å². The average molecular weight is 574 g/mol. The number of benzene rings is 3. The molecule has 1 fully saturated rings. The molecule has 1 saturated heterocycles. The van der Waals surface area contributed by atoms with Crippen molar-refractivity contribution in [3.05, 3.63) is 116 Å². The van der Waals surface area contributed by atoms with Gasteiger partial charge in [0, 0.05) is 17.1 Å². The van der Waals surface area contributed by atoms with Crippen LogP contribution in [0.25, 0.3) is 11.4 Å². The zero-order valence-electron chi connectivity index (χ0n) is 20.9. The van der Waals surface area contributed by atoms with Crippen molar-refractivity contribution in [2.75, 3.05) is 12.0 Å². The fraction of sp³-hybridized carbons (Fsp3) is 0.138. The first-order chi connectivity index (χ1) is 18.2. The molecule has 1 unspecified atom stereocenters. The predicted octanol–water partition coefficient (Wildman–Crippen LogP) is 4.88. The van der Waals surface area contributed by atoms with E-state index in [0.29, 0.717) is 28.3 Å². The number of halogens is 1. The molecule has 38 heavy (non-hydrogen) atoms. The number of carbonyl (C=O) groups is 2. The molecule has 0 aliphatic carbocycles. The van der Waals surface area contributed by atoms with Crippen molar-refractivity contribution in [2.45, 2.75) is 13.0 Å². The van der Waals surface area contributed by atoms with Crippen LogP contribution in [0.4, 0.5) is 5.69 Å². The normalized spacial score (nSPS) is 16.7. The van der Waals surface area contributed by atoms with Gasteiger partial charge in [0.15, 0.2) is 0 Å². The molecule has 0 spiro atoms. The molecule has 0 radical (unpaired) electrons. The fourth-order valence-corrected chi connectivity index (χ4v) is 5.02. The summed E-state index contributed by atoms with van der Waals surface area (Å²) < 4.78 is 9.09. The molecule has 1 aliphatic heterocycles. The summed E-state index contributed by atoms with van der Waals surface area (Å²) in [7, 11) is 3.24. The number of anilines is 1. The Morgan fingerprint density at radius 1 is 0.921 bits per heavy atom. The average Bonchev–Trinajstić information content (AvgIpc) is 3.31. The Morgan fingerprint density at radius 2 is 1.55 bits per heavy atom. The summed E-state index contributed by atoms with van der Waals surface area (Å²) in [6, 6.07) is 21.6. The maximum absolute atomic E-state index is 13.8. The number of aliphatic hydroxyl groups excluding tert-OH is 1. The number of Topliss-reactive ketones (excluding diaryl/α,β-unsaturated/α-hetero) is 1. The number of rotatable bonds is 5. The van der Waals surface area contributed by atoms with Gasteiger partial charge in [-0.25, -0.2) is 4.68 Å². The van der Waals surface area contributed by atoms with E-state index in [2.05, 4.69) is 15.9 Å². The van der Waals surface area contributed by atoms with Gasteiger partial charge in [0.25, 0.3) is 17.2 Å². The van der Waals surface area contributed by atoms with Gasteiger partial charge in [-0.1, -0.05) is 46.3 Å². The third-order valence-corrected chi connectivity index (χ3v) is 7.29. The molecule has 1 amide bonds. The second-order valence-electron chi connectivity index (χ2n) is 8.86. The van der Waals surface area contributed by atoms with Gasteiger partial charge in [0.05, 0.1) is 30.1 Å². The van der Waals surface area contributed by atoms with Crippen molar-refractivity contribution in [2.24, 2.45) is 7.05 Å². The zero-order chi connectivity index (χ0) is 27.1. The molecule has 5 rings (SSSR count). The number of hydrogen-bond donors (Lipinski definition) is 1. The third kappa shape index (κ3) is 4.05. The van der Waals surface area contributed by atoms with Crippen LogP contribution < -0.4 is 15.2 Å². The second kappa shape index (κ2) is 9.83. The minimum Gasteiger partial charge on any atom is -0.507 e. The summed E-state index contributed by atoms with van der Waals surface area (Å²) in [5.41, 5.74) is 1.53. The maximum Gasteiger partial charge on any atom is 0.300 e. The first-order valence-electron chi connectivity index (χ1n) is 11.8. The van der Waals surface area contributed by atoms with Gasteiger partial charge in [-0.05, 0) is 61.0 Å². The van der Waals surface area contributed by atoms with Gasteiger partial charge in [-0.2, -0.15) is 0 Å². The molecule has 9 heteroatoms. The number of aromatic nitrogens is 2. The van der Waals surface area contributed by atoms with Crippen molar-refractivity contribution in [1.29, 1.82) is 0 Å². The van der Waals surface area contributed by atoms with Crippen LogP contribution in [0.3, 0.4) is 0 Å². The van der Waals surface area contributed by atoms with Gasteiger partial charge in [0.2, 0.25) is 0 Å². The number of ether oxygens (including phenoxy) is 1. The summed E-state index contributed by atoms with van der Waals surface area (Å²) in [6.07, 6.45) is 0. The van der Waals surface area contributed by atoms with Crippen LogP contribution in [0.2, 0.25) is 0 Å². The minimum absolute atomic E-state index is 0.0696. The highest BCUT2D eigenvalue weighted by Crippen LogP contribution is 2.42. The van der Waals surface area contributed by atoms with E-state index in [1.54, 1.807) is 79.3 Å². The van der Waals surface area contributed by atoms with Gasteiger partial charge >= 0.3 is 0 Å². The molecule has 1 aliphatic rings. The number of para-hydroxylation sites is 1. The number of carbonyl (C=O) groups excluding carboxylic acids is 2. The van der Waals surface area contributed by atoms with Crippen LogP contribution in [-0.2, 0) is 16.6 Å². The summed E-state index contributed by atoms with van der Waals surface area (Å²) in [5.74, 6) is -1.52. The molecule has 8 nitrogen and oxygen atoms in total. The first-order valence-corrected chi connectivity index (χ1v) is 12.6. The van der Waals surface area contributed by atoms with Crippen molar-refractivity contribution < 1.29 is 19.4 Å². The lowest BCUT2D eigenvalue weighted by atomic mass is 9.95. The Balaban J connectivity index is 1.76. The lowest BCUT2D eigenvalue weighted by Gasteiger charge is -2.24. The van der Waals surface area contributed by atoms with Crippen molar-refractivity contribution in [3.63, 3.8) is 0 Å². The Labute approximate surface area is 227 Å². The highest BCUT2D eigenvalue weighted by molar-refractivity contribution is 9.10. The number of aliphatic hydroxyl groups is 1. The highest BCUT2D eigenvalue weighted by Gasteiger charge is 2.49. The summed E-state index contributed by atoms with van der Waals surface area (Å²) in [6.45, 7) is 1.72. The van der Waals surface area contributed by atoms with Crippen molar-refractivity contribution >= 4 is 39.1 Å². The van der Waals surface area contributed by atoms with E-state index in [4.69, 9.17) is 4.74 Å². The summed E-state index contributed by atoms with van der Waals surface area (Å²) >= 11 is 3.42.